The van der Waals surface area contributed by atoms with Gasteiger partial charge >= 0.3 is 0 Å². The van der Waals surface area contributed by atoms with E-state index in [9.17, 15) is 4.79 Å². The fourth-order valence-electron chi connectivity index (χ4n) is 1.40. The number of carbonyl (C=O) groups is 1. The van der Waals surface area contributed by atoms with Crippen LogP contribution >= 0.6 is 27.5 Å². The maximum Gasteiger partial charge on any atom is 0.257 e. The van der Waals surface area contributed by atoms with Crippen LogP contribution < -0.4 is 11.1 Å². The van der Waals surface area contributed by atoms with Gasteiger partial charge in [-0.2, -0.15) is 0 Å². The molecule has 0 bridgehead atoms. The summed E-state index contributed by atoms with van der Waals surface area (Å²) in [6.45, 7) is 0. The van der Waals surface area contributed by atoms with Crippen molar-refractivity contribution in [1.29, 1.82) is 0 Å². The van der Waals surface area contributed by atoms with Gasteiger partial charge < -0.3 is 11.1 Å². The van der Waals surface area contributed by atoms with Gasteiger partial charge in [-0.25, -0.2) is 0 Å². The van der Waals surface area contributed by atoms with Crippen LogP contribution in [0.4, 0.5) is 11.4 Å². The molecule has 3 N–H and O–H groups in total. The molecule has 0 radical (unpaired) electrons. The smallest absolute Gasteiger partial charge is 0.257 e. The van der Waals surface area contributed by atoms with Crippen molar-refractivity contribution in [2.45, 2.75) is 0 Å². The van der Waals surface area contributed by atoms with E-state index in [1.807, 2.05) is 0 Å². The van der Waals surface area contributed by atoms with Crippen LogP contribution in [0, 0.1) is 0 Å². The highest BCUT2D eigenvalue weighted by Gasteiger charge is 2.12. The highest BCUT2D eigenvalue weighted by Crippen LogP contribution is 2.30. The van der Waals surface area contributed by atoms with Gasteiger partial charge in [0.25, 0.3) is 5.91 Å². The average Bonchev–Trinajstić information content (AvgIpc) is 2.35. The topological polar surface area (TPSA) is 68.0 Å². The normalized spacial score (nSPS) is 10.1. The lowest BCUT2D eigenvalue weighted by molar-refractivity contribution is 0.102. The lowest BCUT2D eigenvalue weighted by atomic mass is 10.2. The Balaban J connectivity index is 2.27. The molecule has 18 heavy (non-hydrogen) atoms. The predicted octanol–water partition coefficient (Wildman–Crippen LogP) is 3.33. The Morgan fingerprint density at radius 1 is 1.39 bits per heavy atom. The number of nitrogens with two attached hydrogens (primary N) is 1. The third-order valence-corrected chi connectivity index (χ3v) is 3.69. The van der Waals surface area contributed by atoms with E-state index in [0.29, 0.717) is 26.4 Å². The summed E-state index contributed by atoms with van der Waals surface area (Å²) in [5.74, 6) is -0.308. The minimum atomic E-state index is -0.308. The minimum Gasteiger partial charge on any atom is -0.397 e. The van der Waals surface area contributed by atoms with Crippen LogP contribution in [0.25, 0.3) is 0 Å². The number of amides is 1. The van der Waals surface area contributed by atoms with Crippen LogP contribution in [-0.2, 0) is 0 Å². The third kappa shape index (κ3) is 2.63. The van der Waals surface area contributed by atoms with Crippen LogP contribution in [0.2, 0.25) is 5.02 Å². The Morgan fingerprint density at radius 3 is 2.89 bits per heavy atom. The zero-order valence-electron chi connectivity index (χ0n) is 9.15. The summed E-state index contributed by atoms with van der Waals surface area (Å²) >= 11 is 9.25. The molecule has 1 heterocycles. The first-order chi connectivity index (χ1) is 8.59. The van der Waals surface area contributed by atoms with Crippen molar-refractivity contribution in [3.8, 4) is 0 Å². The van der Waals surface area contributed by atoms with Gasteiger partial charge in [-0.3, -0.25) is 9.78 Å². The summed E-state index contributed by atoms with van der Waals surface area (Å²) in [5, 5.41) is 3.25. The number of anilines is 2. The highest BCUT2D eigenvalue weighted by atomic mass is 79.9. The Bertz CT molecular complexity index is 604. The molecule has 0 saturated carbocycles. The summed E-state index contributed by atoms with van der Waals surface area (Å²) in [7, 11) is 0. The number of pyridine rings is 1. The Kier molecular flexibility index (Phi) is 3.84. The van der Waals surface area contributed by atoms with Gasteiger partial charge in [0.2, 0.25) is 0 Å². The zero-order chi connectivity index (χ0) is 13.1. The standard InChI is InChI=1S/C12H9BrClN3O/c13-11-8(14)2-1-3-10(11)17-12(18)7-4-5-16-6-9(7)15/h1-6H,15H2,(H,17,18). The van der Waals surface area contributed by atoms with Crippen molar-refractivity contribution in [3.05, 3.63) is 51.7 Å². The molecule has 0 aliphatic carbocycles. The van der Waals surface area contributed by atoms with Crippen LogP contribution in [0.15, 0.2) is 41.1 Å². The van der Waals surface area contributed by atoms with Gasteiger partial charge in [0.05, 0.1) is 32.6 Å². The van der Waals surface area contributed by atoms with Gasteiger partial charge in [0.15, 0.2) is 0 Å². The number of rotatable bonds is 2. The molecule has 0 aliphatic heterocycles. The second-order valence-corrected chi connectivity index (χ2v) is 4.72. The largest absolute Gasteiger partial charge is 0.397 e. The summed E-state index contributed by atoms with van der Waals surface area (Å²) in [4.78, 5) is 15.8. The monoisotopic (exact) mass is 325 g/mol. The molecule has 1 aromatic heterocycles. The van der Waals surface area contributed by atoms with E-state index in [4.69, 9.17) is 17.3 Å². The van der Waals surface area contributed by atoms with E-state index in [0.717, 1.165) is 0 Å². The van der Waals surface area contributed by atoms with E-state index in [2.05, 4.69) is 26.2 Å². The van der Waals surface area contributed by atoms with E-state index in [1.54, 1.807) is 24.3 Å². The fraction of sp³-hybridized carbons (Fsp3) is 0. The third-order valence-electron chi connectivity index (χ3n) is 2.30. The van der Waals surface area contributed by atoms with Crippen LogP contribution in [0.5, 0.6) is 0 Å². The molecular weight excluding hydrogens is 318 g/mol. The maximum absolute atomic E-state index is 12.0. The number of nitrogens with zero attached hydrogens (tertiary/aromatic N) is 1. The Morgan fingerprint density at radius 2 is 2.17 bits per heavy atom. The van der Waals surface area contributed by atoms with Crippen molar-refractivity contribution in [2.75, 3.05) is 11.1 Å². The average molecular weight is 327 g/mol. The number of benzene rings is 1. The molecule has 4 nitrogen and oxygen atoms in total. The van der Waals surface area contributed by atoms with Crippen LogP contribution in [0.1, 0.15) is 10.4 Å². The molecule has 0 fully saturated rings. The molecule has 92 valence electrons. The number of hydrogen-bond donors (Lipinski definition) is 2. The van der Waals surface area contributed by atoms with E-state index < -0.39 is 0 Å². The molecule has 0 atom stereocenters. The van der Waals surface area contributed by atoms with Gasteiger partial charge in [-0.05, 0) is 34.1 Å². The summed E-state index contributed by atoms with van der Waals surface area (Å²) in [6, 6.07) is 6.77. The first-order valence-electron chi connectivity index (χ1n) is 5.04. The van der Waals surface area contributed by atoms with Crippen molar-refractivity contribution in [3.63, 3.8) is 0 Å². The van der Waals surface area contributed by atoms with Crippen molar-refractivity contribution in [1.82, 2.24) is 4.98 Å². The number of halogens is 2. The molecule has 1 amide bonds. The number of aromatic nitrogens is 1. The fourth-order valence-corrected chi connectivity index (χ4v) is 1.94. The van der Waals surface area contributed by atoms with E-state index in [-0.39, 0.29) is 5.91 Å². The highest BCUT2D eigenvalue weighted by molar-refractivity contribution is 9.10. The number of carbonyl (C=O) groups excluding carboxylic acids is 1. The Labute approximate surface area is 117 Å². The SMILES string of the molecule is Nc1cnccc1C(=O)Nc1cccc(Cl)c1Br. The molecule has 6 heteroatoms. The first-order valence-corrected chi connectivity index (χ1v) is 6.21. The molecule has 0 aliphatic rings. The first kappa shape index (κ1) is 12.9. The number of nitrogen functional groups attached to an aromatic ring is 1. The van der Waals surface area contributed by atoms with Crippen LogP contribution in [0.3, 0.4) is 0 Å². The maximum atomic E-state index is 12.0. The molecule has 2 rings (SSSR count). The van der Waals surface area contributed by atoms with Gasteiger partial charge in [0.1, 0.15) is 0 Å². The summed E-state index contributed by atoms with van der Waals surface area (Å²) in [6.07, 6.45) is 2.94. The molecule has 0 unspecified atom stereocenters. The molecule has 2 aromatic rings. The summed E-state index contributed by atoms with van der Waals surface area (Å²) < 4.78 is 0.632. The van der Waals surface area contributed by atoms with E-state index in [1.165, 1.54) is 12.4 Å². The molecule has 0 saturated heterocycles. The minimum absolute atomic E-state index is 0.308. The Hall–Kier alpha value is -1.59. The number of hydrogen-bond acceptors (Lipinski definition) is 3. The van der Waals surface area contributed by atoms with Gasteiger partial charge in [-0.15, -0.1) is 0 Å². The summed E-state index contributed by atoms with van der Waals surface area (Å²) in [5.41, 5.74) is 6.97. The second-order valence-electron chi connectivity index (χ2n) is 3.52. The molecule has 1 aromatic carbocycles. The van der Waals surface area contributed by atoms with Crippen molar-refractivity contribution < 1.29 is 4.79 Å². The number of nitrogens with one attached hydrogen (secondary N) is 1. The van der Waals surface area contributed by atoms with Crippen LogP contribution in [-0.4, -0.2) is 10.9 Å². The lowest BCUT2D eigenvalue weighted by Gasteiger charge is -2.09. The quantitative estimate of drug-likeness (QED) is 0.889. The van der Waals surface area contributed by atoms with Gasteiger partial charge in [-0.1, -0.05) is 17.7 Å². The second kappa shape index (κ2) is 5.37. The van der Waals surface area contributed by atoms with E-state index >= 15 is 0 Å². The van der Waals surface area contributed by atoms with Gasteiger partial charge in [0, 0.05) is 6.20 Å². The lowest BCUT2D eigenvalue weighted by Crippen LogP contribution is -2.14. The van der Waals surface area contributed by atoms with Crippen molar-refractivity contribution >= 4 is 44.8 Å². The molecular formula is C12H9BrClN3O. The molecule has 0 spiro atoms. The zero-order valence-corrected chi connectivity index (χ0v) is 11.5. The van der Waals surface area contributed by atoms with Crippen molar-refractivity contribution in [2.24, 2.45) is 0 Å². The predicted molar refractivity (Wildman–Crippen MR) is 75.8 cm³/mol.